The molecule has 1 aromatic rings. The first-order valence-corrected chi connectivity index (χ1v) is 8.66. The molecule has 2 rings (SSSR count). The van der Waals surface area contributed by atoms with Gasteiger partial charge in [0.15, 0.2) is 11.5 Å². The van der Waals surface area contributed by atoms with Crippen LogP contribution in [0, 0.1) is 17.8 Å². The Balaban J connectivity index is 1.81. The second-order valence-corrected chi connectivity index (χ2v) is 6.79. The minimum Gasteiger partial charge on any atom is -0.493 e. The highest BCUT2D eigenvalue weighted by Gasteiger charge is 2.33. The monoisotopic (exact) mass is 349 g/mol. The number of rotatable bonds is 8. The van der Waals surface area contributed by atoms with Crippen molar-refractivity contribution in [1.82, 2.24) is 5.32 Å². The van der Waals surface area contributed by atoms with E-state index in [0.717, 1.165) is 12.0 Å². The third-order valence-corrected chi connectivity index (χ3v) is 4.81. The second kappa shape index (κ2) is 8.74. The number of benzene rings is 1. The molecule has 0 aromatic heterocycles. The fraction of sp³-hybridized carbons (Fsp3) is 0.579. The maximum atomic E-state index is 12.2. The lowest BCUT2D eigenvalue weighted by Gasteiger charge is -2.16. The third kappa shape index (κ3) is 5.11. The van der Waals surface area contributed by atoms with Crippen LogP contribution < -0.4 is 14.8 Å². The number of carbonyl (C=O) groups is 2. The van der Waals surface area contributed by atoms with Gasteiger partial charge in [0.25, 0.3) is 0 Å². The molecule has 1 fully saturated rings. The SMILES string of the molecule is COc1ccc(CC(C)CNC(=O)[C@@H]2CC[C@H](C(=O)O)C2)cc1OC. The molecule has 0 heterocycles. The number of hydrogen-bond donors (Lipinski definition) is 2. The summed E-state index contributed by atoms with van der Waals surface area (Å²) in [5.74, 6) is 0.288. The molecule has 1 aromatic carbocycles. The molecule has 1 aliphatic carbocycles. The molecule has 3 atom stereocenters. The van der Waals surface area contributed by atoms with Crippen molar-refractivity contribution in [2.45, 2.75) is 32.6 Å². The van der Waals surface area contributed by atoms with Crippen molar-refractivity contribution < 1.29 is 24.2 Å². The number of carboxylic acids is 1. The average Bonchev–Trinajstić information content (AvgIpc) is 3.10. The summed E-state index contributed by atoms with van der Waals surface area (Å²) >= 11 is 0. The zero-order valence-electron chi connectivity index (χ0n) is 15.1. The van der Waals surface area contributed by atoms with Crippen molar-refractivity contribution in [2.24, 2.45) is 17.8 Å². The Labute approximate surface area is 148 Å². The average molecular weight is 349 g/mol. The molecule has 1 unspecified atom stereocenters. The summed E-state index contributed by atoms with van der Waals surface area (Å²) in [6.45, 7) is 2.65. The second-order valence-electron chi connectivity index (χ2n) is 6.79. The van der Waals surface area contributed by atoms with Crippen molar-refractivity contribution in [1.29, 1.82) is 0 Å². The molecule has 0 aliphatic heterocycles. The van der Waals surface area contributed by atoms with Gasteiger partial charge in [0.05, 0.1) is 20.1 Å². The fourth-order valence-electron chi connectivity index (χ4n) is 3.35. The van der Waals surface area contributed by atoms with E-state index in [1.54, 1.807) is 14.2 Å². The van der Waals surface area contributed by atoms with Crippen molar-refractivity contribution >= 4 is 11.9 Å². The molecule has 0 radical (unpaired) electrons. The van der Waals surface area contributed by atoms with Crippen LogP contribution in [0.25, 0.3) is 0 Å². The van der Waals surface area contributed by atoms with E-state index in [0.29, 0.717) is 37.3 Å². The van der Waals surface area contributed by atoms with E-state index in [1.807, 2.05) is 18.2 Å². The van der Waals surface area contributed by atoms with Gasteiger partial charge in [-0.15, -0.1) is 0 Å². The van der Waals surface area contributed by atoms with Crippen LogP contribution in [0.5, 0.6) is 11.5 Å². The van der Waals surface area contributed by atoms with E-state index in [9.17, 15) is 9.59 Å². The smallest absolute Gasteiger partial charge is 0.306 e. The highest BCUT2D eigenvalue weighted by atomic mass is 16.5. The number of ether oxygens (including phenoxy) is 2. The van der Waals surface area contributed by atoms with Gasteiger partial charge in [-0.1, -0.05) is 13.0 Å². The normalized spacial score (nSPS) is 20.8. The maximum Gasteiger partial charge on any atom is 0.306 e. The van der Waals surface area contributed by atoms with Crippen LogP contribution in [0.3, 0.4) is 0 Å². The molecule has 0 spiro atoms. The number of aliphatic carboxylic acids is 1. The van der Waals surface area contributed by atoms with Gasteiger partial charge in [-0.25, -0.2) is 0 Å². The molecular weight excluding hydrogens is 322 g/mol. The topological polar surface area (TPSA) is 84.9 Å². The van der Waals surface area contributed by atoms with E-state index in [4.69, 9.17) is 14.6 Å². The van der Waals surface area contributed by atoms with Crippen molar-refractivity contribution in [3.05, 3.63) is 23.8 Å². The number of carboxylic acid groups (broad SMARTS) is 1. The van der Waals surface area contributed by atoms with Gasteiger partial charge in [0, 0.05) is 12.5 Å². The number of methoxy groups -OCH3 is 2. The summed E-state index contributed by atoms with van der Waals surface area (Å²) in [5, 5.41) is 12.0. The predicted molar refractivity (Wildman–Crippen MR) is 93.9 cm³/mol. The number of nitrogens with one attached hydrogen (secondary N) is 1. The van der Waals surface area contributed by atoms with E-state index in [-0.39, 0.29) is 23.7 Å². The summed E-state index contributed by atoms with van der Waals surface area (Å²) in [5.41, 5.74) is 1.12. The minimum atomic E-state index is -0.794. The highest BCUT2D eigenvalue weighted by molar-refractivity contribution is 5.80. The molecule has 0 saturated heterocycles. The third-order valence-electron chi connectivity index (χ3n) is 4.81. The van der Waals surface area contributed by atoms with Crippen LogP contribution in [-0.2, 0) is 16.0 Å². The number of amides is 1. The summed E-state index contributed by atoms with van der Waals surface area (Å²) in [6.07, 6.45) is 2.51. The maximum absolute atomic E-state index is 12.2. The lowest BCUT2D eigenvalue weighted by atomic mass is 9.99. The first-order valence-electron chi connectivity index (χ1n) is 8.66. The Hall–Kier alpha value is -2.24. The Morgan fingerprint density at radius 3 is 2.48 bits per heavy atom. The Bertz CT molecular complexity index is 616. The van der Waals surface area contributed by atoms with Crippen LogP contribution in [0.4, 0.5) is 0 Å². The molecule has 2 N–H and O–H groups in total. The van der Waals surface area contributed by atoms with Crippen LogP contribution in [0.15, 0.2) is 18.2 Å². The van der Waals surface area contributed by atoms with Crippen molar-refractivity contribution in [3.63, 3.8) is 0 Å². The highest BCUT2D eigenvalue weighted by Crippen LogP contribution is 2.31. The quantitative estimate of drug-likeness (QED) is 0.753. The van der Waals surface area contributed by atoms with Gasteiger partial charge in [0.2, 0.25) is 5.91 Å². The van der Waals surface area contributed by atoms with Crippen LogP contribution >= 0.6 is 0 Å². The van der Waals surface area contributed by atoms with Gasteiger partial charge in [-0.05, 0) is 49.3 Å². The minimum absolute atomic E-state index is 0.0251. The van der Waals surface area contributed by atoms with E-state index >= 15 is 0 Å². The molecule has 6 nitrogen and oxygen atoms in total. The van der Waals surface area contributed by atoms with Crippen LogP contribution in [0.1, 0.15) is 31.7 Å². The summed E-state index contributed by atoms with van der Waals surface area (Å²) in [4.78, 5) is 23.2. The molecule has 25 heavy (non-hydrogen) atoms. The largest absolute Gasteiger partial charge is 0.493 e. The first-order chi connectivity index (χ1) is 11.9. The molecule has 1 aliphatic rings. The Morgan fingerprint density at radius 1 is 1.20 bits per heavy atom. The molecular formula is C19H27NO5. The Kier molecular flexibility index (Phi) is 6.67. The van der Waals surface area contributed by atoms with Crippen molar-refractivity contribution in [2.75, 3.05) is 20.8 Å². The van der Waals surface area contributed by atoms with Gasteiger partial charge in [0.1, 0.15) is 0 Å². The van der Waals surface area contributed by atoms with Crippen LogP contribution in [-0.4, -0.2) is 37.7 Å². The van der Waals surface area contributed by atoms with Gasteiger partial charge < -0.3 is 19.9 Å². The predicted octanol–water partition coefficient (Wildman–Crippen LogP) is 2.50. The lowest BCUT2D eigenvalue weighted by molar-refractivity contribution is -0.141. The van der Waals surface area contributed by atoms with Gasteiger partial charge >= 0.3 is 5.97 Å². The summed E-state index contributed by atoms with van der Waals surface area (Å²) in [7, 11) is 3.21. The standard InChI is InChI=1S/C19H27NO5/c1-12(8-13-4-7-16(24-2)17(9-13)25-3)11-20-18(21)14-5-6-15(10-14)19(22)23/h4,7,9,12,14-15H,5-6,8,10-11H2,1-3H3,(H,20,21)(H,22,23)/t12?,14-,15+/m1/s1. The summed E-state index contributed by atoms with van der Waals surface area (Å²) < 4.78 is 10.5. The Morgan fingerprint density at radius 2 is 1.88 bits per heavy atom. The molecule has 0 bridgehead atoms. The summed E-state index contributed by atoms with van der Waals surface area (Å²) in [6, 6.07) is 5.82. The van der Waals surface area contributed by atoms with Gasteiger partial charge in [-0.3, -0.25) is 9.59 Å². The fourth-order valence-corrected chi connectivity index (χ4v) is 3.35. The first kappa shape index (κ1) is 19.1. The van der Waals surface area contributed by atoms with E-state index < -0.39 is 5.97 Å². The zero-order chi connectivity index (χ0) is 18.4. The molecule has 6 heteroatoms. The van der Waals surface area contributed by atoms with Gasteiger partial charge in [-0.2, -0.15) is 0 Å². The van der Waals surface area contributed by atoms with Crippen LogP contribution in [0.2, 0.25) is 0 Å². The molecule has 1 saturated carbocycles. The van der Waals surface area contributed by atoms with E-state index in [2.05, 4.69) is 12.2 Å². The van der Waals surface area contributed by atoms with E-state index in [1.165, 1.54) is 0 Å². The number of carbonyl (C=O) groups excluding carboxylic acids is 1. The molecule has 1 amide bonds. The molecule has 138 valence electrons. The van der Waals surface area contributed by atoms with Crippen molar-refractivity contribution in [3.8, 4) is 11.5 Å². The zero-order valence-corrected chi connectivity index (χ0v) is 15.1. The lowest BCUT2D eigenvalue weighted by Crippen LogP contribution is -2.33. The number of hydrogen-bond acceptors (Lipinski definition) is 4.